The number of nitrogens with one attached hydrogen (secondary N) is 2. The van der Waals surface area contributed by atoms with E-state index in [1.807, 2.05) is 0 Å². The largest absolute Gasteiger partial charge is 0.481 e. The van der Waals surface area contributed by atoms with Gasteiger partial charge in [-0.05, 0) is 91.5 Å². The normalized spacial score (nSPS) is 15.1. The molecule has 2 rings (SSSR count). The minimum atomic E-state index is -2.02. The molecule has 8 N–H and O–H groups in total. The van der Waals surface area contributed by atoms with Crippen LogP contribution >= 0.6 is 47.8 Å². The summed E-state index contributed by atoms with van der Waals surface area (Å²) in [6, 6.07) is 0. The van der Waals surface area contributed by atoms with Crippen molar-refractivity contribution in [3.8, 4) is 0 Å². The number of nitrogens with zero attached hydrogens (tertiary/aromatic N) is 9. The summed E-state index contributed by atoms with van der Waals surface area (Å²) < 4.78 is 51.4. The van der Waals surface area contributed by atoms with Gasteiger partial charge in [-0.1, -0.05) is 69.7 Å². The van der Waals surface area contributed by atoms with Crippen LogP contribution in [0.2, 0.25) is 0 Å². The lowest BCUT2D eigenvalue weighted by Gasteiger charge is -2.39. The van der Waals surface area contributed by atoms with Gasteiger partial charge in [0.25, 0.3) is 0 Å². The molecule has 0 aromatic heterocycles. The van der Waals surface area contributed by atoms with Crippen molar-refractivity contribution in [2.75, 3.05) is 147 Å². The number of amides is 2. The fourth-order valence-electron chi connectivity index (χ4n) is 7.41. The summed E-state index contributed by atoms with van der Waals surface area (Å²) in [6.45, 7) is 17.1. The fraction of sp³-hybridized carbons (Fsp3) is 0.759. The highest BCUT2D eigenvalue weighted by Crippen LogP contribution is 2.47. The summed E-state index contributed by atoms with van der Waals surface area (Å²) in [4.78, 5) is 137. The predicted molar refractivity (Wildman–Crippen MR) is 343 cm³/mol. The number of nitrogens with two attached hydrogens (primary N) is 2. The monoisotopic (exact) mass is 1540 g/mol. The quantitative estimate of drug-likeness (QED) is 0.00569. The van der Waals surface area contributed by atoms with Crippen LogP contribution in [-0.4, -0.2) is 236 Å². The fourth-order valence-corrected chi connectivity index (χ4v) is 9.51. The molecule has 0 radical (unpaired) electrons. The van der Waals surface area contributed by atoms with Crippen molar-refractivity contribution in [3.05, 3.63) is 43.5 Å². The number of esters is 7. The molecule has 0 spiro atoms. The van der Waals surface area contributed by atoms with Crippen molar-refractivity contribution >= 4 is 113 Å². The van der Waals surface area contributed by atoms with Crippen LogP contribution in [0.25, 0.3) is 31.3 Å². The van der Waals surface area contributed by atoms with Crippen molar-refractivity contribution in [1.29, 1.82) is 0 Å². The standard InChI is InChI=1S/C22H36BrN5O10.C15H22BrN3O7.C10H18BrN3O4.C5H4O3.2CH5N/c1-20(2,19(35)38-10-9-37-8-7-36-6-5-27-28-24)13-21(18(33)34,11-15(29)25-3)14-22(23,12-16(30)31)17(32)26-4;1-14(2,10-15(16)9-11(20)26-13(15)22)12(21)25-8-7-24-6-5-23-4-3-18-19-17;1-10(2,11)9(15)18-8-7-17-6-5-16-4-3-13-14-12;1-3-2-4(6)8-5(3)7;2*1-2/h5-14H2,1-4H3,(H,25,29)(H,26,32)(H,30,31)(H,33,34);3-10H2,1-2H3;3-8H2,1-2H3;1-2H2;2*2H2,1H3. The molecule has 0 saturated carbocycles. The molecule has 0 aromatic rings. The summed E-state index contributed by atoms with van der Waals surface area (Å²) in [5.41, 5.74) is 29.0. The Morgan fingerprint density at radius 2 is 0.968 bits per heavy atom. The number of ether oxygens (including phenoxy) is 11. The van der Waals surface area contributed by atoms with Crippen molar-refractivity contribution in [1.82, 2.24) is 10.6 Å². The number of hydrogen-bond donors (Lipinski definition) is 6. The highest BCUT2D eigenvalue weighted by molar-refractivity contribution is 9.10. The molecule has 94 heavy (non-hydrogen) atoms. The van der Waals surface area contributed by atoms with E-state index in [0.717, 1.165) is 0 Å². The summed E-state index contributed by atoms with van der Waals surface area (Å²) in [7, 11) is 5.57. The van der Waals surface area contributed by atoms with Gasteiger partial charge in [0, 0.05) is 60.5 Å². The number of carboxylic acids is 2. The van der Waals surface area contributed by atoms with E-state index >= 15 is 0 Å². The molecular weight excluding hydrogens is 1450 g/mol. The molecule has 2 amide bonds. The lowest BCUT2D eigenvalue weighted by Crippen LogP contribution is -2.51. The second-order valence-electron chi connectivity index (χ2n) is 20.7. The van der Waals surface area contributed by atoms with Crippen LogP contribution in [0.15, 0.2) is 27.5 Å². The van der Waals surface area contributed by atoms with Gasteiger partial charge in [-0.15, -0.1) is 0 Å². The molecule has 2 saturated heterocycles. The molecule has 2 fully saturated rings. The van der Waals surface area contributed by atoms with Crippen LogP contribution < -0.4 is 22.1 Å². The molecule has 40 heteroatoms. The first-order chi connectivity index (χ1) is 44.1. The zero-order valence-corrected chi connectivity index (χ0v) is 59.3. The van der Waals surface area contributed by atoms with Gasteiger partial charge in [0.1, 0.15) is 32.8 Å². The first-order valence-corrected chi connectivity index (χ1v) is 30.8. The third-order valence-electron chi connectivity index (χ3n) is 11.6. The van der Waals surface area contributed by atoms with E-state index in [0.29, 0.717) is 52.8 Å². The van der Waals surface area contributed by atoms with Crippen LogP contribution in [0.3, 0.4) is 0 Å². The van der Waals surface area contributed by atoms with Gasteiger partial charge in [0.2, 0.25) is 11.8 Å². The van der Waals surface area contributed by atoms with Crippen molar-refractivity contribution < 1.29 is 115 Å². The highest BCUT2D eigenvalue weighted by atomic mass is 79.9. The summed E-state index contributed by atoms with van der Waals surface area (Å²) in [6.07, 6.45) is -2.43. The van der Waals surface area contributed by atoms with E-state index < -0.39 is 114 Å². The molecule has 0 bridgehead atoms. The molecule has 2 aliphatic heterocycles. The maximum Gasteiger partial charge on any atom is 0.341 e. The number of carbonyl (C=O) groups excluding carboxylic acids is 9. The van der Waals surface area contributed by atoms with Gasteiger partial charge in [-0.2, -0.15) is 0 Å². The molecule has 3 unspecified atom stereocenters. The average Bonchev–Trinajstić information content (AvgIpc) is 0.871. The molecular formula is C54H90Br3N13O24. The Bertz CT molecular complexity index is 2550. The minimum Gasteiger partial charge on any atom is -0.481 e. The van der Waals surface area contributed by atoms with E-state index in [9.17, 15) is 63.0 Å². The Morgan fingerprint density at radius 1 is 0.585 bits per heavy atom. The number of hydrogen-bond acceptors (Lipinski definition) is 27. The third-order valence-corrected chi connectivity index (χ3v) is 13.7. The lowest BCUT2D eigenvalue weighted by atomic mass is 9.66. The summed E-state index contributed by atoms with van der Waals surface area (Å²) >= 11 is 9.53. The number of alkyl halides is 3. The molecule has 37 nitrogen and oxygen atoms in total. The van der Waals surface area contributed by atoms with Gasteiger partial charge < -0.3 is 84.4 Å². The topological polar surface area (TPSA) is 552 Å². The molecule has 2 heterocycles. The second-order valence-corrected chi connectivity index (χ2v) is 25.7. The number of cyclic esters (lactones) is 4. The summed E-state index contributed by atoms with van der Waals surface area (Å²) in [5.74, 6) is -8.31. The van der Waals surface area contributed by atoms with E-state index in [-0.39, 0.29) is 96.7 Å². The van der Waals surface area contributed by atoms with Gasteiger partial charge in [-0.3, -0.25) is 47.9 Å². The van der Waals surface area contributed by atoms with Crippen LogP contribution in [0.1, 0.15) is 86.5 Å². The van der Waals surface area contributed by atoms with E-state index in [1.165, 1.54) is 42.0 Å². The van der Waals surface area contributed by atoms with Crippen molar-refractivity contribution in [2.45, 2.75) is 99.5 Å². The van der Waals surface area contributed by atoms with Gasteiger partial charge >= 0.3 is 53.7 Å². The van der Waals surface area contributed by atoms with Crippen molar-refractivity contribution in [3.63, 3.8) is 0 Å². The summed E-state index contributed by atoms with van der Waals surface area (Å²) in [5, 5.41) is 34.2. The number of carbonyl (C=O) groups is 11. The predicted octanol–water partition coefficient (Wildman–Crippen LogP) is 4.35. The zero-order chi connectivity index (χ0) is 73.0. The SMILES string of the molecule is C=C1CC(=O)OC1=O.CC(C)(Br)C(=O)OCCOCCOCCN=[N+]=[N-].CC(C)(CC1(Br)CC(=O)OC1=O)C(=O)OCCOCCOCCN=[N+]=[N-].CN.CN.CNC(=O)CC(CC(C)(C)C(=O)OCCOCCOCCN=[N+]=[N-])(CC(Br)(CC(=O)O)C(=O)NC)C(=O)O. The van der Waals surface area contributed by atoms with Gasteiger partial charge in [-0.25, -0.2) is 4.79 Å². The second kappa shape index (κ2) is 52.6. The van der Waals surface area contributed by atoms with Crippen LogP contribution in [0, 0.1) is 16.2 Å². The number of rotatable bonds is 42. The van der Waals surface area contributed by atoms with Crippen molar-refractivity contribution in [2.24, 2.45) is 43.1 Å². The van der Waals surface area contributed by atoms with Gasteiger partial charge in [0.15, 0.2) is 0 Å². The smallest absolute Gasteiger partial charge is 0.341 e. The first-order valence-electron chi connectivity index (χ1n) is 28.4. The van der Waals surface area contributed by atoms with Crippen LogP contribution in [0.4, 0.5) is 0 Å². The van der Waals surface area contributed by atoms with Crippen LogP contribution in [-0.2, 0) is 105 Å². The zero-order valence-electron chi connectivity index (χ0n) is 54.6. The van der Waals surface area contributed by atoms with E-state index in [1.54, 1.807) is 27.7 Å². The third kappa shape index (κ3) is 43.4. The van der Waals surface area contributed by atoms with E-state index in [2.05, 4.69) is 116 Å². The highest BCUT2D eigenvalue weighted by Gasteiger charge is 2.55. The Labute approximate surface area is 569 Å². The molecule has 3 atom stereocenters. The molecule has 536 valence electrons. The maximum atomic E-state index is 12.9. The average molecular weight is 1550 g/mol. The molecule has 2 aliphatic rings. The first kappa shape index (κ1) is 93.8. The number of azide groups is 3. The Hall–Kier alpha value is -6.64. The Balaban J connectivity index is -0.000000622. The molecule has 0 aromatic carbocycles. The minimum absolute atomic E-state index is 0.0314. The lowest BCUT2D eigenvalue weighted by molar-refractivity contribution is -0.165. The number of carboxylic acid groups (broad SMARTS) is 2. The Kier molecular flexibility index (Phi) is 52.5. The molecule has 0 aliphatic carbocycles. The number of aliphatic carboxylic acids is 2. The van der Waals surface area contributed by atoms with E-state index in [4.69, 9.17) is 59.2 Å². The van der Waals surface area contributed by atoms with Gasteiger partial charge in [0.05, 0.1) is 115 Å². The maximum absolute atomic E-state index is 12.9. The number of halogens is 3. The van der Waals surface area contributed by atoms with Crippen LogP contribution in [0.5, 0.6) is 0 Å². The Morgan fingerprint density at radius 3 is 1.27 bits per heavy atom.